The molecular weight excluding hydrogens is 428 g/mol. The van der Waals surface area contributed by atoms with Crippen molar-refractivity contribution in [2.45, 2.75) is 31.8 Å². The molecule has 3 rings (SSSR count). The molecular formula is C20H21ClN4O2S2. The Labute approximate surface area is 182 Å². The zero-order valence-electron chi connectivity index (χ0n) is 16.1. The number of thioether (sulfide) groups is 1. The second-order valence-corrected chi connectivity index (χ2v) is 9.13. The summed E-state index contributed by atoms with van der Waals surface area (Å²) < 4.78 is 2.58. The van der Waals surface area contributed by atoms with Gasteiger partial charge in [0.1, 0.15) is 5.82 Å². The first-order valence-corrected chi connectivity index (χ1v) is 11.3. The summed E-state index contributed by atoms with van der Waals surface area (Å²) in [5, 5.41) is 12.1. The number of carbonyl (C=O) groups is 2. The van der Waals surface area contributed by atoms with Crippen LogP contribution in [0.1, 0.15) is 34.4 Å². The molecule has 29 heavy (non-hydrogen) atoms. The number of thiophene rings is 1. The van der Waals surface area contributed by atoms with Gasteiger partial charge in [-0.05, 0) is 37.6 Å². The minimum absolute atomic E-state index is 0.0116. The maximum Gasteiger partial charge on any atom is 0.216 e. The van der Waals surface area contributed by atoms with E-state index in [4.69, 9.17) is 11.6 Å². The minimum atomic E-state index is -0.0477. The third-order valence-corrected chi connectivity index (χ3v) is 6.33. The van der Waals surface area contributed by atoms with Crippen molar-refractivity contribution in [3.05, 3.63) is 57.0 Å². The summed E-state index contributed by atoms with van der Waals surface area (Å²) in [6.45, 7) is 4.11. The highest BCUT2D eigenvalue weighted by Gasteiger charge is 2.17. The van der Waals surface area contributed by atoms with Crippen molar-refractivity contribution in [1.82, 2.24) is 20.1 Å². The van der Waals surface area contributed by atoms with Gasteiger partial charge in [0, 0.05) is 25.6 Å². The maximum absolute atomic E-state index is 12.4. The van der Waals surface area contributed by atoms with Crippen LogP contribution in [-0.4, -0.2) is 38.8 Å². The van der Waals surface area contributed by atoms with Crippen molar-refractivity contribution in [2.75, 3.05) is 12.3 Å². The van der Waals surface area contributed by atoms with Gasteiger partial charge in [0.15, 0.2) is 10.9 Å². The van der Waals surface area contributed by atoms with E-state index in [2.05, 4.69) is 15.5 Å². The van der Waals surface area contributed by atoms with Crippen molar-refractivity contribution >= 4 is 46.4 Å². The van der Waals surface area contributed by atoms with Crippen LogP contribution >= 0.6 is 34.7 Å². The lowest BCUT2D eigenvalue weighted by Crippen LogP contribution is -2.21. The van der Waals surface area contributed by atoms with E-state index in [-0.39, 0.29) is 17.4 Å². The normalized spacial score (nSPS) is 10.9. The van der Waals surface area contributed by atoms with Crippen LogP contribution < -0.4 is 5.32 Å². The number of rotatable bonds is 9. The molecule has 0 spiro atoms. The molecule has 0 radical (unpaired) electrons. The quantitative estimate of drug-likeness (QED) is 0.299. The smallest absolute Gasteiger partial charge is 0.216 e. The molecule has 2 aromatic heterocycles. The van der Waals surface area contributed by atoms with E-state index in [1.165, 1.54) is 30.0 Å². The monoisotopic (exact) mass is 448 g/mol. The number of hydrogen-bond donors (Lipinski definition) is 1. The van der Waals surface area contributed by atoms with Crippen LogP contribution in [0, 0.1) is 6.92 Å². The van der Waals surface area contributed by atoms with Gasteiger partial charge in [-0.1, -0.05) is 41.1 Å². The first-order chi connectivity index (χ1) is 13.9. The lowest BCUT2D eigenvalue weighted by molar-refractivity contribution is -0.118. The summed E-state index contributed by atoms with van der Waals surface area (Å²) in [6.07, 6.45) is 1.41. The van der Waals surface area contributed by atoms with Gasteiger partial charge < -0.3 is 5.32 Å². The lowest BCUT2D eigenvalue weighted by atomic mass is 10.2. The fourth-order valence-electron chi connectivity index (χ4n) is 2.69. The van der Waals surface area contributed by atoms with Crippen LogP contribution in [0.25, 0.3) is 5.69 Å². The van der Waals surface area contributed by atoms with Crippen LogP contribution in [-0.2, 0) is 11.2 Å². The van der Waals surface area contributed by atoms with E-state index in [0.717, 1.165) is 23.5 Å². The summed E-state index contributed by atoms with van der Waals surface area (Å²) >= 11 is 8.57. The van der Waals surface area contributed by atoms with Crippen molar-refractivity contribution in [3.63, 3.8) is 0 Å². The van der Waals surface area contributed by atoms with Gasteiger partial charge in [-0.3, -0.25) is 14.2 Å². The number of aromatic nitrogens is 3. The number of carbonyl (C=O) groups excluding carboxylic acids is 2. The molecule has 6 nitrogen and oxygen atoms in total. The van der Waals surface area contributed by atoms with Crippen LogP contribution in [0.5, 0.6) is 0 Å². The maximum atomic E-state index is 12.4. The van der Waals surface area contributed by atoms with E-state index >= 15 is 0 Å². The first kappa shape index (κ1) is 21.5. The topological polar surface area (TPSA) is 76.9 Å². The molecule has 0 saturated heterocycles. The predicted molar refractivity (Wildman–Crippen MR) is 117 cm³/mol. The Morgan fingerprint density at radius 3 is 2.59 bits per heavy atom. The zero-order valence-corrected chi connectivity index (χ0v) is 18.5. The molecule has 0 aliphatic rings. The van der Waals surface area contributed by atoms with Crippen molar-refractivity contribution in [3.8, 4) is 5.69 Å². The highest BCUT2D eigenvalue weighted by molar-refractivity contribution is 7.99. The number of halogens is 1. The van der Waals surface area contributed by atoms with Gasteiger partial charge in [0.05, 0.1) is 15.0 Å². The Morgan fingerprint density at radius 2 is 1.93 bits per heavy atom. The van der Waals surface area contributed by atoms with Gasteiger partial charge in [0.25, 0.3) is 0 Å². The van der Waals surface area contributed by atoms with E-state index in [0.29, 0.717) is 27.3 Å². The average molecular weight is 449 g/mol. The van der Waals surface area contributed by atoms with Crippen LogP contribution in [0.4, 0.5) is 0 Å². The highest BCUT2D eigenvalue weighted by atomic mass is 35.5. The van der Waals surface area contributed by atoms with E-state index in [1.807, 2.05) is 35.8 Å². The molecule has 1 aromatic carbocycles. The van der Waals surface area contributed by atoms with Crippen molar-refractivity contribution < 1.29 is 9.59 Å². The second kappa shape index (κ2) is 10.0. The lowest BCUT2D eigenvalue weighted by Gasteiger charge is -2.10. The second-order valence-electron chi connectivity index (χ2n) is 6.47. The summed E-state index contributed by atoms with van der Waals surface area (Å²) in [5.41, 5.74) is 2.11. The summed E-state index contributed by atoms with van der Waals surface area (Å²) in [6, 6.07) is 11.6. The van der Waals surface area contributed by atoms with Crippen LogP contribution in [0.2, 0.25) is 4.34 Å². The Balaban J connectivity index is 1.77. The van der Waals surface area contributed by atoms with E-state index in [1.54, 1.807) is 12.1 Å². The molecule has 0 bridgehead atoms. The highest BCUT2D eigenvalue weighted by Crippen LogP contribution is 2.26. The summed E-state index contributed by atoms with van der Waals surface area (Å²) in [5.74, 6) is 1.02. The number of nitrogens with zero attached hydrogens (tertiary/aromatic N) is 3. The molecule has 3 aromatic rings. The number of hydrogen-bond acceptors (Lipinski definition) is 6. The van der Waals surface area contributed by atoms with Crippen LogP contribution in [0.15, 0.2) is 41.6 Å². The first-order valence-electron chi connectivity index (χ1n) is 9.11. The number of amides is 1. The zero-order chi connectivity index (χ0) is 20.8. The molecule has 0 atom stereocenters. The number of ketones is 1. The Bertz CT molecular complexity index is 998. The molecule has 0 aliphatic heterocycles. The van der Waals surface area contributed by atoms with E-state index < -0.39 is 0 Å². The van der Waals surface area contributed by atoms with Gasteiger partial charge in [-0.25, -0.2) is 0 Å². The minimum Gasteiger partial charge on any atom is -0.356 e. The molecule has 9 heteroatoms. The third-order valence-electron chi connectivity index (χ3n) is 4.12. The van der Waals surface area contributed by atoms with Crippen molar-refractivity contribution in [2.24, 2.45) is 0 Å². The number of nitrogens with one attached hydrogen (secondary N) is 1. The summed E-state index contributed by atoms with van der Waals surface area (Å²) in [4.78, 5) is 24.1. The van der Waals surface area contributed by atoms with Gasteiger partial charge in [-0.15, -0.1) is 21.5 Å². The SMILES string of the molecule is CC(=O)NCCCc1nnc(SCC(=O)c2ccc(Cl)s2)n1-c1ccc(C)cc1. The standard InChI is InChI=1S/C20H21ClN4O2S2/c1-13-5-7-15(8-6-13)25-19(4-3-11-22-14(2)26)23-24-20(25)28-12-16(27)17-9-10-18(21)29-17/h5-10H,3-4,11-12H2,1-2H3,(H,22,26). The van der Waals surface area contributed by atoms with Gasteiger partial charge >= 0.3 is 0 Å². The van der Waals surface area contributed by atoms with Crippen LogP contribution in [0.3, 0.4) is 0 Å². The molecule has 2 heterocycles. The number of benzene rings is 1. The van der Waals surface area contributed by atoms with E-state index in [9.17, 15) is 9.59 Å². The molecule has 0 aliphatic carbocycles. The Kier molecular flexibility index (Phi) is 7.46. The summed E-state index contributed by atoms with van der Waals surface area (Å²) in [7, 11) is 0. The predicted octanol–water partition coefficient (Wildman–Crippen LogP) is 4.33. The molecule has 1 amide bonds. The molecule has 0 unspecified atom stereocenters. The van der Waals surface area contributed by atoms with Crippen molar-refractivity contribution in [1.29, 1.82) is 0 Å². The Morgan fingerprint density at radius 1 is 1.17 bits per heavy atom. The molecule has 0 saturated carbocycles. The molecule has 1 N–H and O–H groups in total. The average Bonchev–Trinajstić information content (AvgIpc) is 3.30. The molecule has 0 fully saturated rings. The Hall–Kier alpha value is -2.16. The number of aryl methyl sites for hydroxylation is 2. The van der Waals surface area contributed by atoms with Gasteiger partial charge in [-0.2, -0.15) is 0 Å². The largest absolute Gasteiger partial charge is 0.356 e. The fraction of sp³-hybridized carbons (Fsp3) is 0.300. The van der Waals surface area contributed by atoms with Gasteiger partial charge in [0.2, 0.25) is 5.91 Å². The third kappa shape index (κ3) is 5.91. The number of Topliss-reactive ketones (excluding diaryl/α,β-unsaturated/α-hetero) is 1. The molecule has 152 valence electrons. The fourth-order valence-corrected chi connectivity index (χ4v) is 4.61.